The molecule has 3 rings (SSSR count). The van der Waals surface area contributed by atoms with Gasteiger partial charge in [0.25, 0.3) is 0 Å². The summed E-state index contributed by atoms with van der Waals surface area (Å²) in [6, 6.07) is 15.6. The molecule has 8 heteroatoms. The van der Waals surface area contributed by atoms with E-state index in [4.69, 9.17) is 12.2 Å². The van der Waals surface area contributed by atoms with E-state index in [0.717, 1.165) is 10.0 Å². The largest absolute Gasteiger partial charge is 0.312 e. The van der Waals surface area contributed by atoms with Crippen molar-refractivity contribution in [3.05, 3.63) is 64.4 Å². The third kappa shape index (κ3) is 4.38. The van der Waals surface area contributed by atoms with Crippen LogP contribution in [0.2, 0.25) is 0 Å². The van der Waals surface area contributed by atoms with Crippen molar-refractivity contribution in [3.63, 3.8) is 0 Å². The Morgan fingerprint density at radius 1 is 1.23 bits per heavy atom. The summed E-state index contributed by atoms with van der Waals surface area (Å²) in [6.45, 7) is 2.40. The first-order valence-electron chi connectivity index (χ1n) is 7.93. The van der Waals surface area contributed by atoms with Gasteiger partial charge in [-0.3, -0.25) is 4.79 Å². The van der Waals surface area contributed by atoms with Crippen molar-refractivity contribution >= 4 is 46.9 Å². The van der Waals surface area contributed by atoms with Gasteiger partial charge in [-0.2, -0.15) is 0 Å². The summed E-state index contributed by atoms with van der Waals surface area (Å²) in [5, 5.41) is 4.50. The highest BCUT2D eigenvalue weighted by Gasteiger charge is 2.16. The standard InChI is InChI=1S/C18H16FN3OS3/c1-2-21(14-10-8-13(19)9-11-14)16(23)12-25-17-20-22(18(24)26-17)15-6-4-3-5-7-15/h3-11H,2,12H2,1H3. The van der Waals surface area contributed by atoms with Crippen molar-refractivity contribution < 1.29 is 9.18 Å². The number of anilines is 1. The summed E-state index contributed by atoms with van der Waals surface area (Å²) in [4.78, 5) is 14.2. The Morgan fingerprint density at radius 3 is 2.58 bits per heavy atom. The number of nitrogens with zero attached hydrogens (tertiary/aromatic N) is 3. The van der Waals surface area contributed by atoms with Gasteiger partial charge >= 0.3 is 0 Å². The topological polar surface area (TPSA) is 38.1 Å². The maximum atomic E-state index is 13.1. The number of amides is 1. The summed E-state index contributed by atoms with van der Waals surface area (Å²) in [7, 11) is 0. The number of thioether (sulfide) groups is 1. The number of benzene rings is 2. The molecule has 1 heterocycles. The molecule has 0 unspecified atom stereocenters. The Bertz CT molecular complexity index is 938. The van der Waals surface area contributed by atoms with Gasteiger partial charge in [0.2, 0.25) is 5.91 Å². The molecule has 26 heavy (non-hydrogen) atoms. The summed E-state index contributed by atoms with van der Waals surface area (Å²) in [6.07, 6.45) is 0. The zero-order chi connectivity index (χ0) is 18.5. The average molecular weight is 406 g/mol. The molecule has 0 aliphatic heterocycles. The molecule has 0 atom stereocenters. The predicted octanol–water partition coefficient (Wildman–Crippen LogP) is 4.95. The van der Waals surface area contributed by atoms with Crippen LogP contribution in [0.4, 0.5) is 10.1 Å². The number of rotatable bonds is 6. The summed E-state index contributed by atoms with van der Waals surface area (Å²) in [5.74, 6) is -0.142. The van der Waals surface area contributed by atoms with Gasteiger partial charge in [-0.25, -0.2) is 9.07 Å². The monoisotopic (exact) mass is 405 g/mol. The first-order chi connectivity index (χ1) is 12.6. The molecular weight excluding hydrogens is 389 g/mol. The van der Waals surface area contributed by atoms with E-state index in [-0.39, 0.29) is 17.5 Å². The van der Waals surface area contributed by atoms with Gasteiger partial charge in [0.15, 0.2) is 8.29 Å². The van der Waals surface area contributed by atoms with Crippen molar-refractivity contribution in [3.8, 4) is 5.69 Å². The minimum absolute atomic E-state index is 0.0588. The molecular formula is C18H16FN3OS3. The Kier molecular flexibility index (Phi) is 6.18. The molecule has 1 amide bonds. The zero-order valence-electron chi connectivity index (χ0n) is 14.0. The molecule has 0 bridgehead atoms. The number of carbonyl (C=O) groups excluding carboxylic acids is 1. The maximum Gasteiger partial charge on any atom is 0.237 e. The number of halogens is 1. The molecule has 0 spiro atoms. The van der Waals surface area contributed by atoms with Crippen LogP contribution < -0.4 is 4.90 Å². The Labute approximate surface area is 164 Å². The summed E-state index contributed by atoms with van der Waals surface area (Å²) < 4.78 is 16.2. The normalized spacial score (nSPS) is 10.7. The molecule has 4 nitrogen and oxygen atoms in total. The van der Waals surface area contributed by atoms with Gasteiger partial charge in [-0.05, 0) is 55.5 Å². The Morgan fingerprint density at radius 2 is 1.92 bits per heavy atom. The van der Waals surface area contributed by atoms with Crippen LogP contribution in [0.25, 0.3) is 5.69 Å². The van der Waals surface area contributed by atoms with Crippen molar-refractivity contribution in [2.75, 3.05) is 17.2 Å². The molecule has 0 aliphatic rings. The van der Waals surface area contributed by atoms with Crippen LogP contribution in [-0.4, -0.2) is 28.0 Å². The Hall–Kier alpha value is -2.03. The van der Waals surface area contributed by atoms with Crippen molar-refractivity contribution in [2.24, 2.45) is 0 Å². The maximum absolute atomic E-state index is 13.1. The molecule has 0 radical (unpaired) electrons. The van der Waals surface area contributed by atoms with Crippen LogP contribution in [0.5, 0.6) is 0 Å². The van der Waals surface area contributed by atoms with E-state index in [1.54, 1.807) is 21.7 Å². The highest BCUT2D eigenvalue weighted by molar-refractivity contribution is 8.01. The number of hydrogen-bond donors (Lipinski definition) is 0. The van der Waals surface area contributed by atoms with Gasteiger partial charge in [-0.15, -0.1) is 5.10 Å². The summed E-state index contributed by atoms with van der Waals surface area (Å²) in [5.41, 5.74) is 1.58. The number of carbonyl (C=O) groups is 1. The van der Waals surface area contributed by atoms with E-state index in [1.165, 1.54) is 35.2 Å². The lowest BCUT2D eigenvalue weighted by molar-refractivity contribution is -0.116. The quantitative estimate of drug-likeness (QED) is 0.430. The minimum atomic E-state index is -0.321. The van der Waals surface area contributed by atoms with Crippen LogP contribution in [0.1, 0.15) is 6.92 Å². The zero-order valence-corrected chi connectivity index (χ0v) is 16.4. The van der Waals surface area contributed by atoms with E-state index in [9.17, 15) is 9.18 Å². The van der Waals surface area contributed by atoms with Gasteiger partial charge in [0.1, 0.15) is 5.82 Å². The van der Waals surface area contributed by atoms with Gasteiger partial charge < -0.3 is 4.90 Å². The second-order valence-electron chi connectivity index (χ2n) is 5.28. The van der Waals surface area contributed by atoms with E-state index < -0.39 is 0 Å². The van der Waals surface area contributed by atoms with Crippen molar-refractivity contribution in [1.29, 1.82) is 0 Å². The van der Waals surface area contributed by atoms with Gasteiger partial charge in [-0.1, -0.05) is 41.3 Å². The molecule has 2 aromatic carbocycles. The lowest BCUT2D eigenvalue weighted by Crippen LogP contribution is -2.32. The minimum Gasteiger partial charge on any atom is -0.312 e. The second kappa shape index (κ2) is 8.57. The first kappa shape index (κ1) is 18.8. The van der Waals surface area contributed by atoms with Crippen molar-refractivity contribution in [2.45, 2.75) is 11.3 Å². The fourth-order valence-corrected chi connectivity index (χ4v) is 4.61. The number of para-hydroxylation sites is 1. The third-order valence-electron chi connectivity index (χ3n) is 3.60. The lowest BCUT2D eigenvalue weighted by Gasteiger charge is -2.20. The smallest absolute Gasteiger partial charge is 0.237 e. The fraction of sp³-hybridized carbons (Fsp3) is 0.167. The van der Waals surface area contributed by atoms with E-state index >= 15 is 0 Å². The van der Waals surface area contributed by atoms with E-state index in [2.05, 4.69) is 5.10 Å². The van der Waals surface area contributed by atoms with Crippen LogP contribution in [0.3, 0.4) is 0 Å². The van der Waals surface area contributed by atoms with Crippen molar-refractivity contribution in [1.82, 2.24) is 9.78 Å². The number of hydrogen-bond acceptors (Lipinski definition) is 5. The third-order valence-corrected chi connectivity index (χ3v) is 5.95. The van der Waals surface area contributed by atoms with Crippen LogP contribution in [0.15, 0.2) is 58.9 Å². The van der Waals surface area contributed by atoms with Crippen LogP contribution >= 0.6 is 35.3 Å². The highest BCUT2D eigenvalue weighted by Crippen LogP contribution is 2.25. The van der Waals surface area contributed by atoms with E-state index in [0.29, 0.717) is 16.2 Å². The van der Waals surface area contributed by atoms with Gasteiger partial charge in [0, 0.05) is 12.2 Å². The molecule has 1 aromatic heterocycles. The molecule has 0 fully saturated rings. The predicted molar refractivity (Wildman–Crippen MR) is 107 cm³/mol. The van der Waals surface area contributed by atoms with Crippen LogP contribution in [0, 0.1) is 9.77 Å². The molecule has 0 saturated carbocycles. The molecule has 0 N–H and O–H groups in total. The molecule has 3 aromatic rings. The average Bonchev–Trinajstić information content (AvgIpc) is 3.03. The molecule has 0 saturated heterocycles. The molecule has 0 aliphatic carbocycles. The molecule has 134 valence electrons. The lowest BCUT2D eigenvalue weighted by atomic mass is 10.3. The van der Waals surface area contributed by atoms with Crippen LogP contribution in [-0.2, 0) is 4.79 Å². The first-order valence-corrected chi connectivity index (χ1v) is 10.1. The number of aromatic nitrogens is 2. The van der Waals surface area contributed by atoms with Gasteiger partial charge in [0.05, 0.1) is 11.4 Å². The second-order valence-corrected chi connectivity index (χ2v) is 8.13. The highest BCUT2D eigenvalue weighted by atomic mass is 32.2. The van der Waals surface area contributed by atoms with E-state index in [1.807, 2.05) is 37.3 Å². The fourth-order valence-electron chi connectivity index (χ4n) is 2.38. The Balaban J connectivity index is 1.69. The summed E-state index contributed by atoms with van der Waals surface area (Å²) >= 11 is 8.10. The SMILES string of the molecule is CCN(C(=O)CSc1nn(-c2ccccc2)c(=S)s1)c1ccc(F)cc1.